The van der Waals surface area contributed by atoms with Crippen LogP contribution in [0.3, 0.4) is 0 Å². The molecule has 0 radical (unpaired) electrons. The zero-order valence-corrected chi connectivity index (χ0v) is 12.2. The summed E-state index contributed by atoms with van der Waals surface area (Å²) < 4.78 is 10.4. The van der Waals surface area contributed by atoms with Gasteiger partial charge in [0, 0.05) is 0 Å². The Balaban J connectivity index is 1.69. The van der Waals surface area contributed by atoms with Crippen LogP contribution in [-0.4, -0.2) is 25.0 Å². The number of hydrogen-bond donors (Lipinski definition) is 1. The molecule has 0 aromatic heterocycles. The van der Waals surface area contributed by atoms with Crippen LogP contribution in [0.15, 0.2) is 54.6 Å². The molecule has 0 spiro atoms. The molecule has 2 rings (SSSR count). The van der Waals surface area contributed by atoms with Gasteiger partial charge in [0.05, 0.1) is 0 Å². The number of rotatable bonds is 6. The molecule has 114 valence electrons. The van der Waals surface area contributed by atoms with E-state index in [0.29, 0.717) is 11.5 Å². The summed E-state index contributed by atoms with van der Waals surface area (Å²) in [4.78, 5) is 23.2. The highest BCUT2D eigenvalue weighted by molar-refractivity contribution is 5.83. The van der Waals surface area contributed by atoms with Crippen LogP contribution in [0.5, 0.6) is 11.5 Å². The lowest BCUT2D eigenvalue weighted by Gasteiger charge is -2.07. The molecule has 5 heteroatoms. The quantitative estimate of drug-likeness (QED) is 0.655. The van der Waals surface area contributed by atoms with Crippen LogP contribution in [0.25, 0.3) is 0 Å². The molecule has 2 aromatic rings. The van der Waals surface area contributed by atoms with Gasteiger partial charge in [-0.25, -0.2) is 4.79 Å². The molecule has 0 saturated heterocycles. The van der Waals surface area contributed by atoms with Gasteiger partial charge in [0.2, 0.25) is 0 Å². The van der Waals surface area contributed by atoms with Gasteiger partial charge in [0.15, 0.2) is 6.61 Å². The molecule has 1 N–H and O–H groups in total. The molecule has 0 atom stereocenters. The van der Waals surface area contributed by atoms with Crippen LogP contribution in [0, 0.1) is 6.92 Å². The van der Waals surface area contributed by atoms with Gasteiger partial charge in [-0.1, -0.05) is 35.9 Å². The highest BCUT2D eigenvalue weighted by atomic mass is 16.5. The van der Waals surface area contributed by atoms with E-state index in [4.69, 9.17) is 9.47 Å². The predicted octanol–water partition coefficient (Wildman–Crippen LogP) is 2.10. The predicted molar refractivity (Wildman–Crippen MR) is 81.8 cm³/mol. The fourth-order valence-corrected chi connectivity index (χ4v) is 1.66. The standard InChI is InChI=1S/C17H17NO4/c1-13-7-9-15(10-8-13)22-17(20)11-18-16(19)12-21-14-5-3-2-4-6-14/h2-10H,11-12H2,1H3,(H,18,19). The molecular formula is C17H17NO4. The number of aryl methyl sites for hydroxylation is 1. The molecule has 0 heterocycles. The van der Waals surface area contributed by atoms with Crippen LogP contribution in [0.4, 0.5) is 0 Å². The van der Waals surface area contributed by atoms with Crippen LogP contribution in [0.1, 0.15) is 5.56 Å². The summed E-state index contributed by atoms with van der Waals surface area (Å²) in [6.45, 7) is 1.59. The zero-order valence-electron chi connectivity index (χ0n) is 12.2. The van der Waals surface area contributed by atoms with Crippen LogP contribution >= 0.6 is 0 Å². The van der Waals surface area contributed by atoms with Crippen molar-refractivity contribution in [2.75, 3.05) is 13.2 Å². The van der Waals surface area contributed by atoms with Gasteiger partial charge in [-0.05, 0) is 31.2 Å². The number of benzene rings is 2. The molecular weight excluding hydrogens is 282 g/mol. The minimum atomic E-state index is -0.531. The first kappa shape index (κ1) is 15.6. The summed E-state index contributed by atoms with van der Waals surface area (Å²) in [6.07, 6.45) is 0. The molecule has 0 aliphatic carbocycles. The Hall–Kier alpha value is -2.82. The van der Waals surface area contributed by atoms with Gasteiger partial charge in [0.1, 0.15) is 18.0 Å². The SMILES string of the molecule is Cc1ccc(OC(=O)CNC(=O)COc2ccccc2)cc1. The van der Waals surface area contributed by atoms with Crippen molar-refractivity contribution >= 4 is 11.9 Å². The molecule has 0 aliphatic rings. The van der Waals surface area contributed by atoms with E-state index in [0.717, 1.165) is 5.56 Å². The first-order chi connectivity index (χ1) is 10.6. The Morgan fingerprint density at radius 2 is 1.64 bits per heavy atom. The van der Waals surface area contributed by atoms with Crippen LogP contribution < -0.4 is 14.8 Å². The maximum Gasteiger partial charge on any atom is 0.330 e. The summed E-state index contributed by atoms with van der Waals surface area (Å²) in [5.41, 5.74) is 1.08. The van der Waals surface area contributed by atoms with Crippen molar-refractivity contribution in [1.29, 1.82) is 0 Å². The van der Waals surface area contributed by atoms with Gasteiger partial charge in [-0.15, -0.1) is 0 Å². The van der Waals surface area contributed by atoms with E-state index in [1.54, 1.807) is 24.3 Å². The summed E-state index contributed by atoms with van der Waals surface area (Å²) in [6, 6.07) is 16.1. The second kappa shape index (κ2) is 7.83. The fraction of sp³-hybridized carbons (Fsp3) is 0.176. The highest BCUT2D eigenvalue weighted by Gasteiger charge is 2.08. The summed E-state index contributed by atoms with van der Waals surface area (Å²) in [7, 11) is 0. The lowest BCUT2D eigenvalue weighted by molar-refractivity contribution is -0.135. The number of para-hydroxylation sites is 1. The zero-order chi connectivity index (χ0) is 15.8. The number of carbonyl (C=O) groups is 2. The average Bonchev–Trinajstić information content (AvgIpc) is 2.54. The normalized spacial score (nSPS) is 9.86. The molecule has 0 fully saturated rings. The van der Waals surface area contributed by atoms with E-state index < -0.39 is 5.97 Å². The van der Waals surface area contributed by atoms with Crippen molar-refractivity contribution < 1.29 is 19.1 Å². The number of ether oxygens (including phenoxy) is 2. The van der Waals surface area contributed by atoms with E-state index in [-0.39, 0.29) is 19.1 Å². The number of esters is 1. The van der Waals surface area contributed by atoms with E-state index >= 15 is 0 Å². The van der Waals surface area contributed by atoms with Crippen LogP contribution in [0.2, 0.25) is 0 Å². The summed E-state index contributed by atoms with van der Waals surface area (Å²) in [5.74, 6) is 0.131. The number of hydrogen-bond acceptors (Lipinski definition) is 4. The Morgan fingerprint density at radius 1 is 0.955 bits per heavy atom. The van der Waals surface area contributed by atoms with E-state index in [1.165, 1.54) is 0 Å². The lowest BCUT2D eigenvalue weighted by atomic mass is 10.2. The van der Waals surface area contributed by atoms with Gasteiger partial charge in [0.25, 0.3) is 5.91 Å². The average molecular weight is 299 g/mol. The number of carbonyl (C=O) groups excluding carboxylic acids is 2. The van der Waals surface area contributed by atoms with E-state index in [9.17, 15) is 9.59 Å². The lowest BCUT2D eigenvalue weighted by Crippen LogP contribution is -2.35. The summed E-state index contributed by atoms with van der Waals surface area (Å²) >= 11 is 0. The van der Waals surface area contributed by atoms with Crippen molar-refractivity contribution in [2.45, 2.75) is 6.92 Å². The highest BCUT2D eigenvalue weighted by Crippen LogP contribution is 2.11. The first-order valence-electron chi connectivity index (χ1n) is 6.85. The largest absolute Gasteiger partial charge is 0.484 e. The van der Waals surface area contributed by atoms with Crippen molar-refractivity contribution in [1.82, 2.24) is 5.32 Å². The maximum absolute atomic E-state index is 11.6. The molecule has 5 nitrogen and oxygen atoms in total. The minimum Gasteiger partial charge on any atom is -0.484 e. The van der Waals surface area contributed by atoms with E-state index in [2.05, 4.69) is 5.32 Å². The number of nitrogens with one attached hydrogen (secondary N) is 1. The van der Waals surface area contributed by atoms with Gasteiger partial charge in [-0.3, -0.25) is 4.79 Å². The smallest absolute Gasteiger partial charge is 0.330 e. The summed E-state index contributed by atoms with van der Waals surface area (Å²) in [5, 5.41) is 2.45. The molecule has 0 bridgehead atoms. The molecule has 0 saturated carbocycles. The first-order valence-corrected chi connectivity index (χ1v) is 6.85. The third-order valence-corrected chi connectivity index (χ3v) is 2.80. The van der Waals surface area contributed by atoms with Gasteiger partial charge in [-0.2, -0.15) is 0 Å². The van der Waals surface area contributed by atoms with Gasteiger partial charge < -0.3 is 14.8 Å². The third-order valence-electron chi connectivity index (χ3n) is 2.80. The van der Waals surface area contributed by atoms with Crippen molar-refractivity contribution in [3.8, 4) is 11.5 Å². The molecule has 0 aliphatic heterocycles. The Morgan fingerprint density at radius 3 is 2.32 bits per heavy atom. The second-order valence-electron chi connectivity index (χ2n) is 4.67. The molecule has 0 unspecified atom stereocenters. The number of amides is 1. The third kappa shape index (κ3) is 5.28. The van der Waals surface area contributed by atoms with Crippen molar-refractivity contribution in [2.24, 2.45) is 0 Å². The monoisotopic (exact) mass is 299 g/mol. The maximum atomic E-state index is 11.6. The minimum absolute atomic E-state index is 0.151. The fourth-order valence-electron chi connectivity index (χ4n) is 1.66. The Bertz CT molecular complexity index is 623. The van der Waals surface area contributed by atoms with E-state index in [1.807, 2.05) is 37.3 Å². The van der Waals surface area contributed by atoms with Gasteiger partial charge >= 0.3 is 5.97 Å². The van der Waals surface area contributed by atoms with Crippen molar-refractivity contribution in [3.05, 3.63) is 60.2 Å². The van der Waals surface area contributed by atoms with Crippen LogP contribution in [-0.2, 0) is 9.59 Å². The second-order valence-corrected chi connectivity index (χ2v) is 4.67. The molecule has 22 heavy (non-hydrogen) atoms. The molecule has 2 aromatic carbocycles. The topological polar surface area (TPSA) is 64.6 Å². The Labute approximate surface area is 128 Å². The Kier molecular flexibility index (Phi) is 5.54. The van der Waals surface area contributed by atoms with Crippen molar-refractivity contribution in [3.63, 3.8) is 0 Å². The molecule has 1 amide bonds.